The molecule has 0 saturated heterocycles. The highest BCUT2D eigenvalue weighted by atomic mass is 15.4. The molecular weight excluding hydrogens is 214 g/mol. The number of aromatic nitrogens is 3. The summed E-state index contributed by atoms with van der Waals surface area (Å²) in [6, 6.07) is 8.54. The highest BCUT2D eigenvalue weighted by molar-refractivity contribution is 5.39. The summed E-state index contributed by atoms with van der Waals surface area (Å²) in [5.41, 5.74) is 8.35. The van der Waals surface area contributed by atoms with Crippen LogP contribution in [0.1, 0.15) is 17.5 Å². The fraction of sp³-hybridized carbons (Fsp3) is 0.333. The number of hydrogen-bond acceptors (Lipinski definition) is 4. The molecule has 1 aliphatic heterocycles. The lowest BCUT2D eigenvalue weighted by Gasteiger charge is -2.18. The Bertz CT molecular complexity index is 519. The zero-order valence-electron chi connectivity index (χ0n) is 9.56. The van der Waals surface area contributed by atoms with Crippen molar-refractivity contribution >= 4 is 11.9 Å². The van der Waals surface area contributed by atoms with E-state index in [1.165, 1.54) is 11.1 Å². The Labute approximate surface area is 99.7 Å². The van der Waals surface area contributed by atoms with Crippen LogP contribution in [0.4, 0.5) is 11.9 Å². The number of anilines is 2. The number of nitrogens with zero attached hydrogens (tertiary/aromatic N) is 3. The Morgan fingerprint density at radius 2 is 2.06 bits per heavy atom. The van der Waals surface area contributed by atoms with Gasteiger partial charge in [0.05, 0.1) is 0 Å². The van der Waals surface area contributed by atoms with Crippen molar-refractivity contribution in [3.63, 3.8) is 0 Å². The van der Waals surface area contributed by atoms with E-state index in [-0.39, 0.29) is 0 Å². The maximum absolute atomic E-state index is 5.56. The summed E-state index contributed by atoms with van der Waals surface area (Å²) in [5.74, 6) is 1.07. The lowest BCUT2D eigenvalue weighted by Crippen LogP contribution is -2.23. The number of aromatic amines is 1. The third-order valence-electron chi connectivity index (χ3n) is 3.13. The smallest absolute Gasteiger partial charge is 0.246 e. The largest absolute Gasteiger partial charge is 0.368 e. The summed E-state index contributed by atoms with van der Waals surface area (Å²) in [4.78, 5) is 6.35. The summed E-state index contributed by atoms with van der Waals surface area (Å²) in [5, 5.41) is 6.80. The van der Waals surface area contributed by atoms with Crippen LogP contribution in [-0.4, -0.2) is 21.7 Å². The monoisotopic (exact) mass is 229 g/mol. The molecule has 0 unspecified atom stereocenters. The summed E-state index contributed by atoms with van der Waals surface area (Å²) in [6.07, 6.45) is 2.23. The van der Waals surface area contributed by atoms with Crippen molar-refractivity contribution in [2.24, 2.45) is 0 Å². The molecule has 0 atom stereocenters. The van der Waals surface area contributed by atoms with E-state index < -0.39 is 0 Å². The Balaban J connectivity index is 1.90. The third-order valence-corrected chi connectivity index (χ3v) is 3.13. The van der Waals surface area contributed by atoms with E-state index in [4.69, 9.17) is 5.73 Å². The molecule has 0 fully saturated rings. The minimum Gasteiger partial charge on any atom is -0.368 e. The van der Waals surface area contributed by atoms with Crippen molar-refractivity contribution in [3.8, 4) is 0 Å². The van der Waals surface area contributed by atoms with Gasteiger partial charge in [-0.25, -0.2) is 5.10 Å². The molecule has 88 valence electrons. The number of benzene rings is 1. The van der Waals surface area contributed by atoms with Gasteiger partial charge in [0.25, 0.3) is 0 Å². The normalized spacial score (nSPS) is 15.4. The average Bonchev–Trinajstić information content (AvgIpc) is 2.65. The second-order valence-electron chi connectivity index (χ2n) is 4.31. The van der Waals surface area contributed by atoms with Crippen molar-refractivity contribution in [2.45, 2.75) is 19.4 Å². The molecule has 3 N–H and O–H groups in total. The van der Waals surface area contributed by atoms with E-state index in [1.54, 1.807) is 0 Å². The number of rotatable bonds is 1. The Morgan fingerprint density at radius 1 is 1.24 bits per heavy atom. The van der Waals surface area contributed by atoms with Crippen molar-refractivity contribution in [2.75, 3.05) is 17.2 Å². The van der Waals surface area contributed by atoms with Crippen LogP contribution < -0.4 is 10.6 Å². The van der Waals surface area contributed by atoms with E-state index in [0.29, 0.717) is 11.9 Å². The first-order valence-electron chi connectivity index (χ1n) is 5.82. The molecule has 1 aliphatic rings. The van der Waals surface area contributed by atoms with Crippen molar-refractivity contribution in [1.82, 2.24) is 15.2 Å². The van der Waals surface area contributed by atoms with Gasteiger partial charge in [0, 0.05) is 13.1 Å². The Morgan fingerprint density at radius 3 is 2.82 bits per heavy atom. The standard InChI is InChI=1S/C12H15N5/c13-11-14-12(16-15-11)17-7-3-6-9-4-1-2-5-10(9)8-17/h1-2,4-5H,3,6-8H2,(H3,13,14,15,16). The molecule has 5 heteroatoms. The van der Waals surface area contributed by atoms with Crippen LogP contribution in [0.25, 0.3) is 0 Å². The quantitative estimate of drug-likeness (QED) is 0.774. The predicted molar refractivity (Wildman–Crippen MR) is 66.6 cm³/mol. The molecule has 0 spiro atoms. The lowest BCUT2D eigenvalue weighted by molar-refractivity contribution is 0.742. The van der Waals surface area contributed by atoms with E-state index in [1.807, 2.05) is 0 Å². The minimum absolute atomic E-state index is 0.373. The van der Waals surface area contributed by atoms with Crippen molar-refractivity contribution < 1.29 is 0 Å². The third kappa shape index (κ3) is 1.95. The van der Waals surface area contributed by atoms with Gasteiger partial charge in [0.15, 0.2) is 0 Å². The van der Waals surface area contributed by atoms with Gasteiger partial charge in [-0.15, -0.1) is 5.10 Å². The maximum Gasteiger partial charge on any atom is 0.246 e. The molecule has 0 aliphatic carbocycles. The predicted octanol–water partition coefficient (Wildman–Crippen LogP) is 1.34. The van der Waals surface area contributed by atoms with Crippen molar-refractivity contribution in [1.29, 1.82) is 0 Å². The van der Waals surface area contributed by atoms with E-state index in [0.717, 1.165) is 25.9 Å². The number of nitrogens with two attached hydrogens (primary N) is 1. The first-order chi connectivity index (χ1) is 8.33. The zero-order chi connectivity index (χ0) is 11.7. The number of fused-ring (bicyclic) bond motifs is 1. The number of nitrogen functional groups attached to an aromatic ring is 1. The van der Waals surface area contributed by atoms with Crippen LogP contribution in [0.3, 0.4) is 0 Å². The van der Waals surface area contributed by atoms with Gasteiger partial charge in [0.1, 0.15) is 0 Å². The SMILES string of the molecule is Nc1nc(N2CCCc3ccccc3C2)n[nH]1. The molecule has 0 amide bonds. The second-order valence-corrected chi connectivity index (χ2v) is 4.31. The molecule has 1 aromatic carbocycles. The number of aryl methyl sites for hydroxylation is 1. The second kappa shape index (κ2) is 4.08. The van der Waals surface area contributed by atoms with Gasteiger partial charge < -0.3 is 10.6 Å². The van der Waals surface area contributed by atoms with E-state index in [9.17, 15) is 0 Å². The van der Waals surface area contributed by atoms with E-state index >= 15 is 0 Å². The topological polar surface area (TPSA) is 70.8 Å². The average molecular weight is 229 g/mol. The lowest BCUT2D eigenvalue weighted by atomic mass is 10.0. The Hall–Kier alpha value is -2.04. The van der Waals surface area contributed by atoms with Gasteiger partial charge in [-0.05, 0) is 24.0 Å². The molecular formula is C12H15N5. The fourth-order valence-electron chi connectivity index (χ4n) is 2.28. The van der Waals surface area contributed by atoms with Crippen LogP contribution in [0.2, 0.25) is 0 Å². The molecule has 0 saturated carbocycles. The highest BCUT2D eigenvalue weighted by Gasteiger charge is 2.17. The Kier molecular flexibility index (Phi) is 2.44. The molecule has 2 aromatic rings. The minimum atomic E-state index is 0.373. The maximum atomic E-state index is 5.56. The highest BCUT2D eigenvalue weighted by Crippen LogP contribution is 2.21. The molecule has 0 radical (unpaired) electrons. The van der Waals surface area contributed by atoms with Gasteiger partial charge in [-0.2, -0.15) is 4.98 Å². The summed E-state index contributed by atoms with van der Waals surface area (Å²) < 4.78 is 0. The van der Waals surface area contributed by atoms with Crippen molar-refractivity contribution in [3.05, 3.63) is 35.4 Å². The van der Waals surface area contributed by atoms with Crippen LogP contribution in [0, 0.1) is 0 Å². The number of H-pyrrole nitrogens is 1. The molecule has 3 rings (SSSR count). The van der Waals surface area contributed by atoms with Gasteiger partial charge in [0.2, 0.25) is 11.9 Å². The first kappa shape index (κ1) is 10.1. The summed E-state index contributed by atoms with van der Waals surface area (Å²) in [6.45, 7) is 1.82. The van der Waals surface area contributed by atoms with Crippen LogP contribution in [0.15, 0.2) is 24.3 Å². The summed E-state index contributed by atoms with van der Waals surface area (Å²) in [7, 11) is 0. The van der Waals surface area contributed by atoms with Crippen LogP contribution >= 0.6 is 0 Å². The first-order valence-corrected chi connectivity index (χ1v) is 5.82. The zero-order valence-corrected chi connectivity index (χ0v) is 9.56. The molecule has 1 aromatic heterocycles. The molecule has 17 heavy (non-hydrogen) atoms. The molecule has 2 heterocycles. The van der Waals surface area contributed by atoms with Crippen LogP contribution in [0.5, 0.6) is 0 Å². The van der Waals surface area contributed by atoms with Gasteiger partial charge in [-0.3, -0.25) is 0 Å². The van der Waals surface area contributed by atoms with E-state index in [2.05, 4.69) is 44.3 Å². The molecule has 5 nitrogen and oxygen atoms in total. The molecule has 0 bridgehead atoms. The van der Waals surface area contributed by atoms with Gasteiger partial charge >= 0.3 is 0 Å². The van der Waals surface area contributed by atoms with Gasteiger partial charge in [-0.1, -0.05) is 24.3 Å². The number of hydrogen-bond donors (Lipinski definition) is 2. The summed E-state index contributed by atoms with van der Waals surface area (Å²) >= 11 is 0. The number of nitrogens with one attached hydrogen (secondary N) is 1. The fourth-order valence-corrected chi connectivity index (χ4v) is 2.28. The van der Waals surface area contributed by atoms with Crippen LogP contribution in [-0.2, 0) is 13.0 Å².